The molecule has 4 nitrogen and oxygen atoms in total. The molecule has 1 saturated heterocycles. The van der Waals surface area contributed by atoms with Gasteiger partial charge in [-0.1, -0.05) is 6.07 Å². The van der Waals surface area contributed by atoms with E-state index < -0.39 is 0 Å². The Labute approximate surface area is 151 Å². The average Bonchev–Trinajstić information content (AvgIpc) is 2.60. The molecule has 0 radical (unpaired) electrons. The fraction of sp³-hybridized carbons (Fsp3) is 0.524. The van der Waals surface area contributed by atoms with Gasteiger partial charge in [0.05, 0.1) is 12.8 Å². The molecule has 134 valence electrons. The summed E-state index contributed by atoms with van der Waals surface area (Å²) in [5.74, 6) is 1.39. The third-order valence-corrected chi connectivity index (χ3v) is 5.15. The van der Waals surface area contributed by atoms with E-state index in [4.69, 9.17) is 4.74 Å². The van der Waals surface area contributed by atoms with Crippen LogP contribution in [0, 0.1) is 19.8 Å². The Kier molecular flexibility index (Phi) is 5.69. The number of methoxy groups -OCH3 is 1. The molecule has 1 aliphatic heterocycles. The van der Waals surface area contributed by atoms with E-state index in [-0.39, 0.29) is 0 Å². The van der Waals surface area contributed by atoms with Crippen molar-refractivity contribution in [2.45, 2.75) is 46.1 Å². The summed E-state index contributed by atoms with van der Waals surface area (Å²) >= 11 is 0. The second kappa shape index (κ2) is 7.96. The number of nitrogens with zero attached hydrogens (tertiary/aromatic N) is 3. The Balaban J connectivity index is 1.67. The number of piperidine rings is 1. The predicted octanol–water partition coefficient (Wildman–Crippen LogP) is 4.12. The van der Waals surface area contributed by atoms with Gasteiger partial charge in [0.25, 0.3) is 0 Å². The van der Waals surface area contributed by atoms with Gasteiger partial charge in [-0.15, -0.1) is 0 Å². The Morgan fingerprint density at radius 3 is 2.68 bits per heavy atom. The minimum absolute atomic E-state index is 0.318. The Hall–Kier alpha value is -1.94. The number of aromatic nitrogens is 2. The predicted molar refractivity (Wildman–Crippen MR) is 101 cm³/mol. The van der Waals surface area contributed by atoms with Crippen molar-refractivity contribution in [3.63, 3.8) is 0 Å². The maximum Gasteiger partial charge on any atom is 0.213 e. The Bertz CT molecular complexity index is 696. The van der Waals surface area contributed by atoms with E-state index in [9.17, 15) is 0 Å². The molecule has 1 aliphatic rings. The van der Waals surface area contributed by atoms with Crippen LogP contribution in [0.15, 0.2) is 30.3 Å². The standard InChI is InChI=1S/C21H29N3O/c1-15-11-19(12-16(2)22-15)13-18-7-6-10-24(14-18)17(3)20-8-5-9-21(23-20)25-4/h5,8-9,11-12,17-18H,6-7,10,13-14H2,1-4H3/t17-,18?/m0/s1. The van der Waals surface area contributed by atoms with Crippen LogP contribution >= 0.6 is 0 Å². The van der Waals surface area contributed by atoms with Crippen LogP contribution in [-0.2, 0) is 6.42 Å². The highest BCUT2D eigenvalue weighted by Crippen LogP contribution is 2.28. The third-order valence-electron chi connectivity index (χ3n) is 5.15. The van der Waals surface area contributed by atoms with Crippen LogP contribution in [0.1, 0.15) is 48.5 Å². The fourth-order valence-corrected chi connectivity index (χ4v) is 3.95. The van der Waals surface area contributed by atoms with Gasteiger partial charge in [0, 0.05) is 30.0 Å². The summed E-state index contributed by atoms with van der Waals surface area (Å²) in [4.78, 5) is 11.7. The molecule has 0 aliphatic carbocycles. The molecule has 1 fully saturated rings. The molecule has 2 aromatic rings. The second-order valence-corrected chi connectivity index (χ2v) is 7.25. The van der Waals surface area contributed by atoms with E-state index in [1.165, 1.54) is 18.4 Å². The van der Waals surface area contributed by atoms with Gasteiger partial charge in [0.1, 0.15) is 0 Å². The van der Waals surface area contributed by atoms with Crippen molar-refractivity contribution in [1.29, 1.82) is 0 Å². The zero-order valence-electron chi connectivity index (χ0n) is 15.8. The average molecular weight is 339 g/mol. The van der Waals surface area contributed by atoms with Crippen molar-refractivity contribution in [2.75, 3.05) is 20.2 Å². The first-order valence-electron chi connectivity index (χ1n) is 9.24. The monoisotopic (exact) mass is 339 g/mol. The topological polar surface area (TPSA) is 38.2 Å². The molecule has 4 heteroatoms. The third kappa shape index (κ3) is 4.57. The van der Waals surface area contributed by atoms with Crippen molar-refractivity contribution in [1.82, 2.24) is 14.9 Å². The van der Waals surface area contributed by atoms with Gasteiger partial charge in [-0.2, -0.15) is 0 Å². The first-order chi connectivity index (χ1) is 12.0. The van der Waals surface area contributed by atoms with Crippen LogP contribution in [0.25, 0.3) is 0 Å². The zero-order valence-corrected chi connectivity index (χ0v) is 15.8. The van der Waals surface area contributed by atoms with Crippen LogP contribution in [0.5, 0.6) is 5.88 Å². The molecular formula is C21H29N3O. The molecule has 0 amide bonds. The van der Waals surface area contributed by atoms with Crippen molar-refractivity contribution in [3.05, 3.63) is 53.0 Å². The van der Waals surface area contributed by atoms with Crippen molar-refractivity contribution in [3.8, 4) is 5.88 Å². The number of ether oxygens (including phenoxy) is 1. The lowest BCUT2D eigenvalue weighted by Gasteiger charge is -2.36. The first-order valence-corrected chi connectivity index (χ1v) is 9.24. The smallest absolute Gasteiger partial charge is 0.213 e. The molecule has 0 saturated carbocycles. The molecule has 2 atom stereocenters. The van der Waals surface area contributed by atoms with Crippen LogP contribution in [0.4, 0.5) is 0 Å². The van der Waals surface area contributed by atoms with Crippen LogP contribution in [0.3, 0.4) is 0 Å². The molecular weight excluding hydrogens is 310 g/mol. The van der Waals surface area contributed by atoms with Gasteiger partial charge >= 0.3 is 0 Å². The molecule has 3 rings (SSSR count). The molecule has 1 unspecified atom stereocenters. The van der Waals surface area contributed by atoms with E-state index >= 15 is 0 Å². The highest BCUT2D eigenvalue weighted by atomic mass is 16.5. The van der Waals surface area contributed by atoms with Crippen molar-refractivity contribution >= 4 is 0 Å². The number of likely N-dealkylation sites (tertiary alicyclic amines) is 1. The number of hydrogen-bond acceptors (Lipinski definition) is 4. The van der Waals surface area contributed by atoms with E-state index in [1.54, 1.807) is 7.11 Å². The molecule has 0 N–H and O–H groups in total. The Morgan fingerprint density at radius 2 is 1.96 bits per heavy atom. The number of hydrogen-bond donors (Lipinski definition) is 0. The summed E-state index contributed by atoms with van der Waals surface area (Å²) in [6.45, 7) is 8.69. The lowest BCUT2D eigenvalue weighted by Crippen LogP contribution is -2.38. The fourth-order valence-electron chi connectivity index (χ4n) is 3.95. The van der Waals surface area contributed by atoms with E-state index in [2.05, 4.69) is 53.8 Å². The van der Waals surface area contributed by atoms with Gasteiger partial charge in [-0.05, 0) is 76.3 Å². The lowest BCUT2D eigenvalue weighted by atomic mass is 9.90. The molecule has 3 heterocycles. The van der Waals surface area contributed by atoms with Crippen LogP contribution in [0.2, 0.25) is 0 Å². The summed E-state index contributed by atoms with van der Waals surface area (Å²) in [6, 6.07) is 10.8. The maximum absolute atomic E-state index is 5.28. The Morgan fingerprint density at radius 1 is 1.20 bits per heavy atom. The maximum atomic E-state index is 5.28. The molecule has 0 aromatic carbocycles. The van der Waals surface area contributed by atoms with Gasteiger partial charge < -0.3 is 4.74 Å². The number of rotatable bonds is 5. The number of aryl methyl sites for hydroxylation is 2. The summed E-state index contributed by atoms with van der Waals surface area (Å²) in [6.07, 6.45) is 3.69. The van der Waals surface area contributed by atoms with Crippen LogP contribution in [-0.4, -0.2) is 35.1 Å². The molecule has 25 heavy (non-hydrogen) atoms. The first kappa shape index (κ1) is 17.9. The van der Waals surface area contributed by atoms with Crippen molar-refractivity contribution in [2.24, 2.45) is 5.92 Å². The summed E-state index contributed by atoms with van der Waals surface area (Å²) in [5, 5.41) is 0. The summed E-state index contributed by atoms with van der Waals surface area (Å²) in [5.41, 5.74) is 4.76. The van der Waals surface area contributed by atoms with Crippen LogP contribution < -0.4 is 4.74 Å². The summed E-state index contributed by atoms with van der Waals surface area (Å²) in [7, 11) is 1.67. The van der Waals surface area contributed by atoms with Gasteiger partial charge in [-0.3, -0.25) is 9.88 Å². The van der Waals surface area contributed by atoms with Crippen molar-refractivity contribution < 1.29 is 4.74 Å². The quantitative estimate of drug-likeness (QED) is 0.821. The molecule has 0 bridgehead atoms. The summed E-state index contributed by atoms with van der Waals surface area (Å²) < 4.78 is 5.28. The normalized spacial score (nSPS) is 19.6. The minimum Gasteiger partial charge on any atom is -0.481 e. The largest absolute Gasteiger partial charge is 0.481 e. The minimum atomic E-state index is 0.318. The number of pyridine rings is 2. The molecule has 0 spiro atoms. The lowest BCUT2D eigenvalue weighted by molar-refractivity contribution is 0.129. The highest BCUT2D eigenvalue weighted by molar-refractivity contribution is 5.21. The zero-order chi connectivity index (χ0) is 17.8. The molecule has 2 aromatic heterocycles. The highest BCUT2D eigenvalue weighted by Gasteiger charge is 2.25. The van der Waals surface area contributed by atoms with E-state index in [0.29, 0.717) is 17.8 Å². The van der Waals surface area contributed by atoms with Gasteiger partial charge in [0.15, 0.2) is 0 Å². The SMILES string of the molecule is COc1cccc([C@H](C)N2CCCC(Cc3cc(C)nc(C)c3)C2)n1. The van der Waals surface area contributed by atoms with Gasteiger partial charge in [-0.25, -0.2) is 4.98 Å². The second-order valence-electron chi connectivity index (χ2n) is 7.25. The van der Waals surface area contributed by atoms with E-state index in [0.717, 1.165) is 36.6 Å². The van der Waals surface area contributed by atoms with Gasteiger partial charge in [0.2, 0.25) is 5.88 Å². The van der Waals surface area contributed by atoms with E-state index in [1.807, 2.05) is 12.1 Å².